The lowest BCUT2D eigenvalue weighted by Gasteiger charge is -2.06. The molecule has 3 nitrogen and oxygen atoms in total. The average Bonchev–Trinajstić information content (AvgIpc) is 3.09. The first-order valence-corrected chi connectivity index (χ1v) is 6.19. The fraction of sp³-hybridized carbons (Fsp3) is 0.600. The summed E-state index contributed by atoms with van der Waals surface area (Å²) in [7, 11) is 0. The van der Waals surface area contributed by atoms with E-state index in [2.05, 4.69) is 9.97 Å². The first-order valence-electron chi connectivity index (χ1n) is 5.20. The third-order valence-electron chi connectivity index (χ3n) is 2.31. The van der Waals surface area contributed by atoms with Crippen LogP contribution in [0.15, 0.2) is 11.2 Å². The van der Waals surface area contributed by atoms with Gasteiger partial charge in [-0.2, -0.15) is 0 Å². The highest BCUT2D eigenvalue weighted by atomic mass is 32.2. The van der Waals surface area contributed by atoms with Crippen molar-refractivity contribution in [1.82, 2.24) is 9.97 Å². The Kier molecular flexibility index (Phi) is 3.70. The number of nitrogens with zero attached hydrogens (tertiary/aromatic N) is 2. The third-order valence-corrected chi connectivity index (χ3v) is 3.19. The predicted molar refractivity (Wildman–Crippen MR) is 58.7 cm³/mol. The van der Waals surface area contributed by atoms with Crippen LogP contribution in [0.2, 0.25) is 0 Å². The lowest BCUT2D eigenvalue weighted by Crippen LogP contribution is -2.04. The fourth-order valence-corrected chi connectivity index (χ4v) is 2.02. The van der Waals surface area contributed by atoms with E-state index in [-0.39, 0.29) is 5.69 Å². The Labute approximate surface area is 96.8 Å². The number of hydrogen-bond acceptors (Lipinski definition) is 4. The largest absolute Gasteiger partial charge is 0.330 e. The van der Waals surface area contributed by atoms with E-state index in [1.165, 1.54) is 17.8 Å². The van der Waals surface area contributed by atoms with E-state index >= 15 is 0 Å². The lowest BCUT2D eigenvalue weighted by molar-refractivity contribution is 0.145. The van der Waals surface area contributed by atoms with Crippen molar-refractivity contribution in [1.29, 1.82) is 0 Å². The molecule has 0 bridgehead atoms. The van der Waals surface area contributed by atoms with Crippen LogP contribution in [0.4, 0.5) is 8.78 Å². The summed E-state index contributed by atoms with van der Waals surface area (Å²) in [4.78, 5) is 8.11. The molecule has 0 saturated heterocycles. The second-order valence-electron chi connectivity index (χ2n) is 3.71. The zero-order chi connectivity index (χ0) is 11.5. The second-order valence-corrected chi connectivity index (χ2v) is 4.77. The van der Waals surface area contributed by atoms with Crippen LogP contribution >= 0.6 is 11.8 Å². The van der Waals surface area contributed by atoms with Crippen LogP contribution in [0.25, 0.3) is 0 Å². The molecule has 16 heavy (non-hydrogen) atoms. The minimum absolute atomic E-state index is 0.170. The van der Waals surface area contributed by atoms with E-state index in [4.69, 9.17) is 5.73 Å². The Morgan fingerprint density at radius 3 is 2.75 bits per heavy atom. The van der Waals surface area contributed by atoms with Gasteiger partial charge in [0.2, 0.25) is 0 Å². The standard InChI is InChI=1S/C10H13F2N3S/c11-9(12)8-5-7(6-1-2-6)14-10(15-8)16-4-3-13/h5-6,9H,1-4,13H2. The molecule has 6 heteroatoms. The molecule has 2 rings (SSSR count). The van der Waals surface area contributed by atoms with Gasteiger partial charge in [-0.05, 0) is 18.9 Å². The van der Waals surface area contributed by atoms with Crippen LogP contribution in [0, 0.1) is 0 Å². The maximum atomic E-state index is 12.6. The summed E-state index contributed by atoms with van der Waals surface area (Å²) in [6.07, 6.45) is -0.445. The molecule has 2 N–H and O–H groups in total. The zero-order valence-corrected chi connectivity index (χ0v) is 9.51. The average molecular weight is 245 g/mol. The van der Waals surface area contributed by atoms with Gasteiger partial charge in [0, 0.05) is 23.9 Å². The Balaban J connectivity index is 2.21. The number of nitrogens with two attached hydrogens (primary N) is 1. The second kappa shape index (κ2) is 5.05. The molecule has 0 unspecified atom stereocenters. The summed E-state index contributed by atoms with van der Waals surface area (Å²) >= 11 is 1.33. The van der Waals surface area contributed by atoms with Crippen LogP contribution in [0.1, 0.15) is 36.6 Å². The first kappa shape index (κ1) is 11.7. The van der Waals surface area contributed by atoms with Gasteiger partial charge in [-0.1, -0.05) is 11.8 Å². The summed E-state index contributed by atoms with van der Waals surface area (Å²) in [6.45, 7) is 0.492. The van der Waals surface area contributed by atoms with Gasteiger partial charge in [0.15, 0.2) is 5.16 Å². The summed E-state index contributed by atoms with van der Waals surface area (Å²) < 4.78 is 25.2. The van der Waals surface area contributed by atoms with Gasteiger partial charge in [0.25, 0.3) is 6.43 Å². The van der Waals surface area contributed by atoms with E-state index in [9.17, 15) is 8.78 Å². The van der Waals surface area contributed by atoms with Crippen molar-refractivity contribution < 1.29 is 8.78 Å². The molecule has 1 heterocycles. The summed E-state index contributed by atoms with van der Waals surface area (Å²) in [6, 6.07) is 1.43. The van der Waals surface area contributed by atoms with Crippen molar-refractivity contribution in [3.8, 4) is 0 Å². The van der Waals surface area contributed by atoms with Crippen LogP contribution in [0.5, 0.6) is 0 Å². The van der Waals surface area contributed by atoms with E-state index in [1.54, 1.807) is 0 Å². The third kappa shape index (κ3) is 2.89. The number of alkyl halides is 2. The normalized spacial score (nSPS) is 15.8. The van der Waals surface area contributed by atoms with Crippen LogP contribution in [-0.2, 0) is 0 Å². The number of aromatic nitrogens is 2. The zero-order valence-electron chi connectivity index (χ0n) is 8.70. The van der Waals surface area contributed by atoms with Gasteiger partial charge >= 0.3 is 0 Å². The number of rotatable bonds is 5. The minimum Gasteiger partial charge on any atom is -0.330 e. The van der Waals surface area contributed by atoms with E-state index in [0.717, 1.165) is 18.5 Å². The van der Waals surface area contributed by atoms with Crippen molar-refractivity contribution in [3.05, 3.63) is 17.5 Å². The molecule has 1 aliphatic rings. The molecule has 0 atom stereocenters. The fourth-order valence-electron chi connectivity index (χ4n) is 1.38. The molecular weight excluding hydrogens is 232 g/mol. The van der Waals surface area contributed by atoms with E-state index < -0.39 is 6.43 Å². The van der Waals surface area contributed by atoms with Crippen LogP contribution in [-0.4, -0.2) is 22.3 Å². The molecule has 1 saturated carbocycles. The number of hydrogen-bond donors (Lipinski definition) is 1. The molecule has 1 aromatic rings. The molecule has 0 aromatic carbocycles. The van der Waals surface area contributed by atoms with Crippen LogP contribution in [0.3, 0.4) is 0 Å². The Bertz CT molecular complexity index is 349. The maximum absolute atomic E-state index is 12.6. The SMILES string of the molecule is NCCSc1nc(C(F)F)cc(C2CC2)n1. The van der Waals surface area contributed by atoms with E-state index in [1.807, 2.05) is 0 Å². The molecule has 0 aliphatic heterocycles. The van der Waals surface area contributed by atoms with Crippen molar-refractivity contribution in [2.24, 2.45) is 5.73 Å². The smallest absolute Gasteiger partial charge is 0.280 e. The number of halogens is 2. The first-order chi connectivity index (χ1) is 7.70. The Hall–Kier alpha value is -0.750. The minimum atomic E-state index is -2.53. The van der Waals surface area contributed by atoms with Gasteiger partial charge in [-0.25, -0.2) is 18.7 Å². The van der Waals surface area contributed by atoms with Crippen LogP contribution < -0.4 is 5.73 Å². The van der Waals surface area contributed by atoms with Crippen molar-refractivity contribution in [2.45, 2.75) is 30.3 Å². The highest BCUT2D eigenvalue weighted by Crippen LogP contribution is 2.40. The molecule has 0 spiro atoms. The van der Waals surface area contributed by atoms with Gasteiger partial charge in [-0.15, -0.1) is 0 Å². The predicted octanol–water partition coefficient (Wildman–Crippen LogP) is 2.34. The van der Waals surface area contributed by atoms with Gasteiger partial charge < -0.3 is 5.73 Å². The summed E-state index contributed by atoms with van der Waals surface area (Å²) in [5.41, 5.74) is 5.94. The molecular formula is C10H13F2N3S. The maximum Gasteiger partial charge on any atom is 0.280 e. The van der Waals surface area contributed by atoms with Gasteiger partial charge in [0.1, 0.15) is 5.69 Å². The Morgan fingerprint density at radius 2 is 2.19 bits per heavy atom. The monoisotopic (exact) mass is 245 g/mol. The molecule has 88 valence electrons. The molecule has 0 amide bonds. The van der Waals surface area contributed by atoms with Crippen molar-refractivity contribution >= 4 is 11.8 Å². The van der Waals surface area contributed by atoms with Crippen molar-refractivity contribution in [3.63, 3.8) is 0 Å². The summed E-state index contributed by atoms with van der Waals surface area (Å²) in [5, 5.41) is 0.421. The molecule has 1 fully saturated rings. The molecule has 1 aliphatic carbocycles. The van der Waals surface area contributed by atoms with Crippen molar-refractivity contribution in [2.75, 3.05) is 12.3 Å². The number of thioether (sulfide) groups is 1. The van der Waals surface area contributed by atoms with E-state index in [0.29, 0.717) is 23.4 Å². The van der Waals surface area contributed by atoms with Gasteiger partial charge in [0.05, 0.1) is 0 Å². The highest BCUT2D eigenvalue weighted by Gasteiger charge is 2.27. The Morgan fingerprint density at radius 1 is 1.44 bits per heavy atom. The topological polar surface area (TPSA) is 51.8 Å². The highest BCUT2D eigenvalue weighted by molar-refractivity contribution is 7.99. The quantitative estimate of drug-likeness (QED) is 0.639. The lowest BCUT2D eigenvalue weighted by atomic mass is 10.2. The van der Waals surface area contributed by atoms with Gasteiger partial charge in [-0.3, -0.25) is 0 Å². The molecule has 0 radical (unpaired) electrons. The summed E-state index contributed by atoms with van der Waals surface area (Å²) in [5.74, 6) is 1.01. The molecule has 1 aromatic heterocycles.